The summed E-state index contributed by atoms with van der Waals surface area (Å²) in [6, 6.07) is -0.0162. The first kappa shape index (κ1) is 11.3. The molecule has 4 nitrogen and oxygen atoms in total. The highest BCUT2D eigenvalue weighted by molar-refractivity contribution is 5.42. The van der Waals surface area contributed by atoms with Gasteiger partial charge in [-0.25, -0.2) is 14.4 Å². The molecule has 0 radical (unpaired) electrons. The standard InChI is InChI=1S/C11H16FN3O/c1-8-10(12)11(14-7-13-8)15-5-3-2-4-9(15)6-16/h7,9,16H,2-6H2,1H3. The number of hydrogen-bond donors (Lipinski definition) is 1. The Morgan fingerprint density at radius 3 is 3.06 bits per heavy atom. The molecule has 1 aliphatic heterocycles. The summed E-state index contributed by atoms with van der Waals surface area (Å²) in [5.74, 6) is -0.0471. The summed E-state index contributed by atoms with van der Waals surface area (Å²) in [5, 5.41) is 9.28. The molecule has 1 fully saturated rings. The molecule has 1 aromatic heterocycles. The molecule has 0 aliphatic carbocycles. The number of piperidine rings is 1. The zero-order valence-electron chi connectivity index (χ0n) is 9.36. The molecule has 88 valence electrons. The molecule has 0 saturated carbocycles. The van der Waals surface area contributed by atoms with Crippen molar-refractivity contribution in [2.45, 2.75) is 32.2 Å². The van der Waals surface area contributed by atoms with E-state index in [1.54, 1.807) is 6.92 Å². The Bertz CT molecular complexity index is 372. The summed E-state index contributed by atoms with van der Waals surface area (Å²) in [4.78, 5) is 9.65. The summed E-state index contributed by atoms with van der Waals surface area (Å²) < 4.78 is 13.8. The van der Waals surface area contributed by atoms with E-state index in [4.69, 9.17) is 0 Å². The van der Waals surface area contributed by atoms with Gasteiger partial charge in [-0.2, -0.15) is 0 Å². The van der Waals surface area contributed by atoms with Crippen molar-refractivity contribution in [3.05, 3.63) is 17.8 Å². The zero-order valence-corrected chi connectivity index (χ0v) is 9.36. The number of aliphatic hydroxyl groups is 1. The topological polar surface area (TPSA) is 49.2 Å². The molecule has 0 bridgehead atoms. The number of nitrogens with zero attached hydrogens (tertiary/aromatic N) is 3. The van der Waals surface area contributed by atoms with Gasteiger partial charge >= 0.3 is 0 Å². The van der Waals surface area contributed by atoms with Crippen LogP contribution in [0, 0.1) is 12.7 Å². The van der Waals surface area contributed by atoms with E-state index < -0.39 is 0 Å². The number of aliphatic hydroxyl groups excluding tert-OH is 1. The Morgan fingerprint density at radius 1 is 1.50 bits per heavy atom. The molecule has 2 heterocycles. The van der Waals surface area contributed by atoms with E-state index in [2.05, 4.69) is 9.97 Å². The Hall–Kier alpha value is -1.23. The number of anilines is 1. The summed E-state index contributed by atoms with van der Waals surface area (Å²) >= 11 is 0. The molecule has 5 heteroatoms. The molecule has 1 atom stereocenters. The van der Waals surface area contributed by atoms with Gasteiger partial charge in [0.25, 0.3) is 0 Å². The Kier molecular flexibility index (Phi) is 3.33. The summed E-state index contributed by atoms with van der Waals surface area (Å²) in [7, 11) is 0. The number of aryl methyl sites for hydroxylation is 1. The molecular formula is C11H16FN3O. The van der Waals surface area contributed by atoms with Crippen LogP contribution in [0.25, 0.3) is 0 Å². The normalized spacial score (nSPS) is 21.2. The van der Waals surface area contributed by atoms with E-state index in [1.807, 2.05) is 4.90 Å². The summed E-state index contributed by atoms with van der Waals surface area (Å²) in [6.07, 6.45) is 4.35. The van der Waals surface area contributed by atoms with Crippen LogP contribution in [0.3, 0.4) is 0 Å². The molecule has 1 aromatic rings. The first-order chi connectivity index (χ1) is 7.74. The van der Waals surface area contributed by atoms with Gasteiger partial charge in [-0.1, -0.05) is 0 Å². The lowest BCUT2D eigenvalue weighted by molar-refractivity contribution is 0.238. The lowest BCUT2D eigenvalue weighted by atomic mass is 10.0. The number of halogens is 1. The van der Waals surface area contributed by atoms with Crippen LogP contribution in [0.5, 0.6) is 0 Å². The predicted molar refractivity (Wildman–Crippen MR) is 58.8 cm³/mol. The minimum Gasteiger partial charge on any atom is -0.394 e. The van der Waals surface area contributed by atoms with E-state index in [9.17, 15) is 9.50 Å². The van der Waals surface area contributed by atoms with Crippen LogP contribution < -0.4 is 4.90 Å². The van der Waals surface area contributed by atoms with Gasteiger partial charge in [-0.3, -0.25) is 0 Å². The highest BCUT2D eigenvalue weighted by Gasteiger charge is 2.25. The quantitative estimate of drug-likeness (QED) is 0.823. The molecule has 16 heavy (non-hydrogen) atoms. The average Bonchev–Trinajstić information content (AvgIpc) is 2.33. The van der Waals surface area contributed by atoms with Crippen LogP contribution in [-0.4, -0.2) is 34.3 Å². The van der Waals surface area contributed by atoms with Gasteiger partial charge in [0, 0.05) is 6.54 Å². The first-order valence-electron chi connectivity index (χ1n) is 5.58. The second-order valence-corrected chi connectivity index (χ2v) is 4.12. The molecule has 1 saturated heterocycles. The molecular weight excluding hydrogens is 209 g/mol. The Balaban J connectivity index is 2.30. The highest BCUT2D eigenvalue weighted by Crippen LogP contribution is 2.25. The van der Waals surface area contributed by atoms with E-state index in [-0.39, 0.29) is 18.5 Å². The maximum Gasteiger partial charge on any atom is 0.186 e. The van der Waals surface area contributed by atoms with Crippen LogP contribution in [-0.2, 0) is 0 Å². The van der Waals surface area contributed by atoms with Crippen molar-refractivity contribution in [3.8, 4) is 0 Å². The van der Waals surface area contributed by atoms with Crippen LogP contribution in [0.4, 0.5) is 10.2 Å². The number of aromatic nitrogens is 2. The van der Waals surface area contributed by atoms with Crippen LogP contribution in [0.2, 0.25) is 0 Å². The molecule has 0 amide bonds. The van der Waals surface area contributed by atoms with Crippen LogP contribution >= 0.6 is 0 Å². The van der Waals surface area contributed by atoms with Crippen LogP contribution in [0.1, 0.15) is 25.0 Å². The third-order valence-electron chi connectivity index (χ3n) is 3.06. The molecule has 1 aliphatic rings. The molecule has 1 unspecified atom stereocenters. The van der Waals surface area contributed by atoms with Crippen molar-refractivity contribution >= 4 is 5.82 Å². The van der Waals surface area contributed by atoms with Crippen molar-refractivity contribution in [3.63, 3.8) is 0 Å². The first-order valence-corrected chi connectivity index (χ1v) is 5.58. The third-order valence-corrected chi connectivity index (χ3v) is 3.06. The van der Waals surface area contributed by atoms with E-state index in [0.717, 1.165) is 25.8 Å². The summed E-state index contributed by atoms with van der Waals surface area (Å²) in [6.45, 7) is 2.42. The maximum atomic E-state index is 13.8. The Labute approximate surface area is 94.1 Å². The SMILES string of the molecule is Cc1ncnc(N2CCCCC2CO)c1F. The van der Waals surface area contributed by atoms with Gasteiger partial charge in [-0.05, 0) is 26.2 Å². The smallest absolute Gasteiger partial charge is 0.186 e. The van der Waals surface area contributed by atoms with Crippen molar-refractivity contribution in [1.82, 2.24) is 9.97 Å². The van der Waals surface area contributed by atoms with Gasteiger partial charge in [0.2, 0.25) is 0 Å². The second kappa shape index (κ2) is 4.74. The summed E-state index contributed by atoms with van der Waals surface area (Å²) in [5.41, 5.74) is 0.354. The monoisotopic (exact) mass is 225 g/mol. The minimum absolute atomic E-state index is 0.0162. The van der Waals surface area contributed by atoms with Crippen LogP contribution in [0.15, 0.2) is 6.33 Å². The van der Waals surface area contributed by atoms with Gasteiger partial charge in [-0.15, -0.1) is 0 Å². The fraction of sp³-hybridized carbons (Fsp3) is 0.636. The maximum absolute atomic E-state index is 13.8. The lowest BCUT2D eigenvalue weighted by Crippen LogP contribution is -2.43. The highest BCUT2D eigenvalue weighted by atomic mass is 19.1. The van der Waals surface area contributed by atoms with Crippen molar-refractivity contribution < 1.29 is 9.50 Å². The average molecular weight is 225 g/mol. The number of rotatable bonds is 2. The molecule has 2 rings (SSSR count). The van der Waals surface area contributed by atoms with Gasteiger partial charge in [0.1, 0.15) is 6.33 Å². The second-order valence-electron chi connectivity index (χ2n) is 4.12. The predicted octanol–water partition coefficient (Wildman–Crippen LogP) is 1.28. The van der Waals surface area contributed by atoms with Crippen molar-refractivity contribution in [1.29, 1.82) is 0 Å². The minimum atomic E-state index is -0.372. The number of hydrogen-bond acceptors (Lipinski definition) is 4. The fourth-order valence-electron chi connectivity index (χ4n) is 2.11. The van der Waals surface area contributed by atoms with E-state index in [0.29, 0.717) is 11.5 Å². The largest absolute Gasteiger partial charge is 0.394 e. The molecule has 0 spiro atoms. The fourth-order valence-corrected chi connectivity index (χ4v) is 2.11. The zero-order chi connectivity index (χ0) is 11.5. The molecule has 0 aromatic carbocycles. The van der Waals surface area contributed by atoms with Crippen molar-refractivity contribution in [2.24, 2.45) is 0 Å². The van der Waals surface area contributed by atoms with Gasteiger partial charge in [0.05, 0.1) is 18.3 Å². The van der Waals surface area contributed by atoms with E-state index >= 15 is 0 Å². The van der Waals surface area contributed by atoms with E-state index in [1.165, 1.54) is 6.33 Å². The molecule has 1 N–H and O–H groups in total. The lowest BCUT2D eigenvalue weighted by Gasteiger charge is -2.35. The van der Waals surface area contributed by atoms with Crippen molar-refractivity contribution in [2.75, 3.05) is 18.1 Å². The van der Waals surface area contributed by atoms with Gasteiger partial charge < -0.3 is 10.0 Å². The third kappa shape index (κ3) is 2.00. The van der Waals surface area contributed by atoms with Gasteiger partial charge in [0.15, 0.2) is 11.6 Å². The Morgan fingerprint density at radius 2 is 2.31 bits per heavy atom.